The molecule has 0 N–H and O–H groups in total. The van der Waals surface area contributed by atoms with Gasteiger partial charge in [-0.3, -0.25) is 0 Å². The van der Waals surface area contributed by atoms with E-state index in [1.807, 2.05) is 22.7 Å². The molecule has 0 bridgehead atoms. The molecule has 0 radical (unpaired) electrons. The molecule has 294 valence electrons. The minimum atomic E-state index is 0.963. The lowest BCUT2D eigenvalue weighted by Gasteiger charge is -2.10. The summed E-state index contributed by atoms with van der Waals surface area (Å²) in [6, 6.07) is 81.0. The van der Waals surface area contributed by atoms with E-state index in [0.29, 0.717) is 0 Å². The van der Waals surface area contributed by atoms with Gasteiger partial charge in [-0.05, 0) is 108 Å². The second kappa shape index (κ2) is 14.6. The van der Waals surface area contributed by atoms with Crippen molar-refractivity contribution >= 4 is 63.0 Å². The van der Waals surface area contributed by atoms with Crippen molar-refractivity contribution in [1.82, 2.24) is 0 Å². The Morgan fingerprint density at radius 3 is 0.889 bits per heavy atom. The van der Waals surface area contributed by atoms with Crippen molar-refractivity contribution in [2.75, 3.05) is 0 Å². The summed E-state index contributed by atoms with van der Waals surface area (Å²) >= 11 is 3.85. The molecular weight excluding hydrogens is 797 g/mol. The number of fused-ring (bicyclic) bond motifs is 9. The van der Waals surface area contributed by atoms with Crippen LogP contribution >= 0.6 is 22.7 Å². The molecule has 0 saturated carbocycles. The molecule has 63 heavy (non-hydrogen) atoms. The zero-order valence-corrected chi connectivity index (χ0v) is 35.9. The predicted molar refractivity (Wildman–Crippen MR) is 273 cm³/mol. The van der Waals surface area contributed by atoms with E-state index in [-0.39, 0.29) is 0 Å². The highest BCUT2D eigenvalue weighted by molar-refractivity contribution is 7.27. The van der Waals surface area contributed by atoms with Gasteiger partial charge in [-0.15, -0.1) is 22.7 Å². The van der Waals surface area contributed by atoms with Crippen LogP contribution in [0.5, 0.6) is 0 Å². The van der Waals surface area contributed by atoms with E-state index in [1.54, 1.807) is 0 Å². The highest BCUT2D eigenvalue weighted by Gasteiger charge is 2.22. The van der Waals surface area contributed by atoms with Crippen LogP contribution in [0.3, 0.4) is 0 Å². The Labute approximate surface area is 374 Å². The van der Waals surface area contributed by atoms with Gasteiger partial charge in [0.1, 0.15) is 0 Å². The molecule has 0 atom stereocenters. The minimum Gasteiger partial charge on any atom is -0.134 e. The average Bonchev–Trinajstić information content (AvgIpc) is 4.06. The second-order valence-electron chi connectivity index (χ2n) is 16.7. The summed E-state index contributed by atoms with van der Waals surface area (Å²) in [7, 11) is 0. The first-order valence-corrected chi connectivity index (χ1v) is 23.3. The van der Waals surface area contributed by atoms with E-state index in [1.165, 1.54) is 129 Å². The Hall–Kier alpha value is -7.36. The molecule has 0 spiro atoms. The molecule has 1 aliphatic carbocycles. The summed E-state index contributed by atoms with van der Waals surface area (Å²) in [6.07, 6.45) is 0.963. The van der Waals surface area contributed by atoms with Crippen molar-refractivity contribution < 1.29 is 0 Å². The third-order valence-corrected chi connectivity index (χ3v) is 15.7. The first-order valence-electron chi connectivity index (χ1n) is 21.7. The Morgan fingerprint density at radius 2 is 0.524 bits per heavy atom. The van der Waals surface area contributed by atoms with Gasteiger partial charge < -0.3 is 0 Å². The lowest BCUT2D eigenvalue weighted by atomic mass is 9.95. The molecule has 0 amide bonds. The minimum absolute atomic E-state index is 0.963. The SMILES string of the molecule is c1ccc(-c2ccc(-c3cccc4c3sc3c(-c5ccc6c(c5)-c5cc(-c7cccc8c7sc7c(-c9ccc(-c%10ccccc%10)cc9)cccc78)ccc5C6)cccc34)cc2)cc1. The fraction of sp³-hybridized carbons (Fsp3) is 0.0164. The Kier molecular flexibility index (Phi) is 8.44. The molecule has 10 aromatic carbocycles. The van der Waals surface area contributed by atoms with Gasteiger partial charge >= 0.3 is 0 Å². The summed E-state index contributed by atoms with van der Waals surface area (Å²) in [6.45, 7) is 0. The van der Waals surface area contributed by atoms with Crippen molar-refractivity contribution in [1.29, 1.82) is 0 Å². The summed E-state index contributed by atoms with van der Waals surface area (Å²) in [5.74, 6) is 0. The van der Waals surface area contributed by atoms with Gasteiger partial charge in [0, 0.05) is 40.3 Å². The van der Waals surface area contributed by atoms with Gasteiger partial charge in [0.05, 0.1) is 0 Å². The monoisotopic (exact) mass is 834 g/mol. The van der Waals surface area contributed by atoms with Crippen molar-refractivity contribution in [3.05, 3.63) is 230 Å². The van der Waals surface area contributed by atoms with Crippen molar-refractivity contribution in [3.63, 3.8) is 0 Å². The Balaban J connectivity index is 0.870. The van der Waals surface area contributed by atoms with Crippen molar-refractivity contribution in [2.24, 2.45) is 0 Å². The molecule has 2 aromatic heterocycles. The summed E-state index contributed by atoms with van der Waals surface area (Å²) in [4.78, 5) is 0. The lowest BCUT2D eigenvalue weighted by Crippen LogP contribution is -1.84. The van der Waals surface area contributed by atoms with Crippen LogP contribution < -0.4 is 0 Å². The molecule has 2 heteroatoms. The zero-order chi connectivity index (χ0) is 41.4. The second-order valence-corrected chi connectivity index (χ2v) is 18.8. The molecule has 0 fully saturated rings. The van der Waals surface area contributed by atoms with Crippen LogP contribution in [0.15, 0.2) is 218 Å². The van der Waals surface area contributed by atoms with E-state index in [9.17, 15) is 0 Å². The summed E-state index contributed by atoms with van der Waals surface area (Å²) < 4.78 is 5.37. The number of thiophene rings is 2. The first kappa shape index (κ1) is 36.3. The van der Waals surface area contributed by atoms with Crippen LogP contribution in [0, 0.1) is 0 Å². The quantitative estimate of drug-likeness (QED) is 0.157. The van der Waals surface area contributed by atoms with E-state index in [2.05, 4.69) is 218 Å². The summed E-state index contributed by atoms with van der Waals surface area (Å²) in [5, 5.41) is 5.28. The number of rotatable bonds is 6. The molecule has 1 aliphatic rings. The maximum absolute atomic E-state index is 2.46. The average molecular weight is 835 g/mol. The van der Waals surface area contributed by atoms with Crippen LogP contribution in [0.4, 0.5) is 0 Å². The molecule has 2 heterocycles. The van der Waals surface area contributed by atoms with Gasteiger partial charge in [0.25, 0.3) is 0 Å². The molecular formula is C61H38S2. The lowest BCUT2D eigenvalue weighted by molar-refractivity contribution is 1.26. The van der Waals surface area contributed by atoms with Crippen LogP contribution in [0.25, 0.3) is 118 Å². The van der Waals surface area contributed by atoms with E-state index < -0.39 is 0 Å². The third kappa shape index (κ3) is 6.02. The maximum atomic E-state index is 2.46. The standard InChI is InChI=1S/C61H38S2/c1-3-11-38(12-4-1)40-23-27-42(28-24-40)48-15-7-19-52-54-21-9-17-50(60(54)62-58(48)52)46-33-31-44-35-45-32-34-47(37-57(45)56(44)36-46)51-18-10-22-55-53-20-8-16-49(59(53)63-61(51)55)43-29-25-41(26-30-43)39-13-5-2-6-14-39/h1-34,36-37H,35H2. The predicted octanol–water partition coefficient (Wildman–Crippen LogP) is 18.0. The topological polar surface area (TPSA) is 0 Å². The van der Waals surface area contributed by atoms with Gasteiger partial charge in [-0.2, -0.15) is 0 Å². The van der Waals surface area contributed by atoms with Crippen LogP contribution in [-0.4, -0.2) is 0 Å². The van der Waals surface area contributed by atoms with Crippen LogP contribution in [0.1, 0.15) is 11.1 Å². The van der Waals surface area contributed by atoms with Gasteiger partial charge in [0.2, 0.25) is 0 Å². The first-order chi connectivity index (χ1) is 31.2. The molecule has 0 unspecified atom stereocenters. The molecule has 12 aromatic rings. The normalized spacial score (nSPS) is 12.1. The molecule has 0 saturated heterocycles. The highest BCUT2D eigenvalue weighted by Crippen LogP contribution is 2.48. The maximum Gasteiger partial charge on any atom is 0.0434 e. The number of benzene rings is 10. The van der Waals surface area contributed by atoms with E-state index >= 15 is 0 Å². The van der Waals surface area contributed by atoms with Crippen molar-refractivity contribution in [2.45, 2.75) is 6.42 Å². The van der Waals surface area contributed by atoms with Gasteiger partial charge in [-0.1, -0.05) is 206 Å². The van der Waals surface area contributed by atoms with E-state index in [0.717, 1.165) is 6.42 Å². The Bertz CT molecular complexity index is 3470. The highest BCUT2D eigenvalue weighted by atomic mass is 32.1. The van der Waals surface area contributed by atoms with Crippen LogP contribution in [-0.2, 0) is 6.42 Å². The molecule has 0 aliphatic heterocycles. The summed E-state index contributed by atoms with van der Waals surface area (Å²) in [5.41, 5.74) is 20.7. The molecule has 0 nitrogen and oxygen atoms in total. The zero-order valence-electron chi connectivity index (χ0n) is 34.3. The van der Waals surface area contributed by atoms with Crippen LogP contribution in [0.2, 0.25) is 0 Å². The Morgan fingerprint density at radius 1 is 0.222 bits per heavy atom. The fourth-order valence-electron chi connectivity index (χ4n) is 10.00. The van der Waals surface area contributed by atoms with Crippen molar-refractivity contribution in [3.8, 4) is 77.9 Å². The van der Waals surface area contributed by atoms with E-state index in [4.69, 9.17) is 0 Å². The number of hydrogen-bond acceptors (Lipinski definition) is 2. The smallest absolute Gasteiger partial charge is 0.0434 e. The largest absolute Gasteiger partial charge is 0.134 e. The third-order valence-electron chi connectivity index (χ3n) is 13.2. The van der Waals surface area contributed by atoms with Gasteiger partial charge in [0.15, 0.2) is 0 Å². The van der Waals surface area contributed by atoms with Gasteiger partial charge in [-0.25, -0.2) is 0 Å². The number of hydrogen-bond donors (Lipinski definition) is 0. The fourth-order valence-corrected chi connectivity index (χ4v) is 12.7. The molecule has 13 rings (SSSR count).